The van der Waals surface area contributed by atoms with E-state index in [9.17, 15) is 4.79 Å². The minimum absolute atomic E-state index is 0.0341. The van der Waals surface area contributed by atoms with Crippen molar-refractivity contribution in [3.05, 3.63) is 23.9 Å². The van der Waals surface area contributed by atoms with Crippen molar-refractivity contribution < 1.29 is 9.53 Å². The topological polar surface area (TPSA) is 57.7 Å². The molecule has 0 aromatic carbocycles. The second-order valence-electron chi connectivity index (χ2n) is 7.52. The molecule has 138 valence electrons. The molecule has 1 aromatic heterocycles. The lowest BCUT2D eigenvalue weighted by atomic mass is 10.00. The molecule has 25 heavy (non-hydrogen) atoms. The van der Waals surface area contributed by atoms with E-state index in [1.807, 2.05) is 23.2 Å². The van der Waals surface area contributed by atoms with E-state index in [2.05, 4.69) is 36.0 Å². The second-order valence-corrected chi connectivity index (χ2v) is 7.52. The average molecular weight is 346 g/mol. The first-order valence-corrected chi connectivity index (χ1v) is 9.39. The monoisotopic (exact) mass is 346 g/mol. The summed E-state index contributed by atoms with van der Waals surface area (Å²) < 4.78 is 5.77. The van der Waals surface area contributed by atoms with Gasteiger partial charge in [0.2, 0.25) is 0 Å². The number of ether oxygens (including phenoxy) is 1. The summed E-state index contributed by atoms with van der Waals surface area (Å²) >= 11 is 0. The molecule has 0 bridgehead atoms. The predicted molar refractivity (Wildman–Crippen MR) is 98.7 cm³/mol. The highest BCUT2D eigenvalue weighted by Crippen LogP contribution is 2.19. The lowest BCUT2D eigenvalue weighted by Gasteiger charge is -2.36. The number of carbonyl (C=O) groups excluding carboxylic acids is 1. The van der Waals surface area contributed by atoms with Crippen molar-refractivity contribution in [3.8, 4) is 0 Å². The molecular formula is C19H30N4O2. The zero-order chi connectivity index (χ0) is 17.8. The number of likely N-dealkylation sites (tertiary alicyclic amines) is 1. The Hall–Kier alpha value is -1.82. The van der Waals surface area contributed by atoms with Crippen LogP contribution in [0.2, 0.25) is 0 Å². The van der Waals surface area contributed by atoms with Crippen LogP contribution < -0.4 is 10.2 Å². The van der Waals surface area contributed by atoms with Gasteiger partial charge in [-0.1, -0.05) is 13.0 Å². The molecule has 2 aliphatic rings. The van der Waals surface area contributed by atoms with Crippen LogP contribution in [0, 0.1) is 5.92 Å². The predicted octanol–water partition coefficient (Wildman–Crippen LogP) is 2.64. The van der Waals surface area contributed by atoms with E-state index in [0.29, 0.717) is 6.54 Å². The van der Waals surface area contributed by atoms with E-state index in [0.717, 1.165) is 56.3 Å². The third kappa shape index (κ3) is 4.84. The molecule has 2 amide bonds. The van der Waals surface area contributed by atoms with Gasteiger partial charge in [-0.15, -0.1) is 0 Å². The van der Waals surface area contributed by atoms with Crippen molar-refractivity contribution in [3.63, 3.8) is 0 Å². The zero-order valence-electron chi connectivity index (χ0n) is 15.6. The standard InChI is InChI=1S/C19H30N4O2/c1-14-6-8-22(9-7-14)19(24)21-11-17-4-5-18(20-10-17)23-12-15(2)25-16(3)13-23/h4-5,10,14-16H,6-9,11-13H2,1-3H3,(H,21,24). The fourth-order valence-corrected chi connectivity index (χ4v) is 3.57. The Morgan fingerprint density at radius 2 is 1.88 bits per heavy atom. The van der Waals surface area contributed by atoms with Gasteiger partial charge in [-0.3, -0.25) is 0 Å². The maximum absolute atomic E-state index is 12.2. The van der Waals surface area contributed by atoms with E-state index >= 15 is 0 Å². The van der Waals surface area contributed by atoms with Gasteiger partial charge >= 0.3 is 6.03 Å². The summed E-state index contributed by atoms with van der Waals surface area (Å²) in [6.07, 6.45) is 4.49. The maximum atomic E-state index is 12.2. The fourth-order valence-electron chi connectivity index (χ4n) is 3.57. The summed E-state index contributed by atoms with van der Waals surface area (Å²) in [5.74, 6) is 1.70. The summed E-state index contributed by atoms with van der Waals surface area (Å²) in [7, 11) is 0. The van der Waals surface area contributed by atoms with Crippen LogP contribution in [0.5, 0.6) is 0 Å². The van der Waals surface area contributed by atoms with Gasteiger partial charge < -0.3 is 19.9 Å². The van der Waals surface area contributed by atoms with Gasteiger partial charge in [-0.2, -0.15) is 0 Å². The SMILES string of the molecule is CC1CCN(C(=O)NCc2ccc(N3CC(C)OC(C)C3)nc2)CC1. The highest BCUT2D eigenvalue weighted by Gasteiger charge is 2.23. The largest absolute Gasteiger partial charge is 0.372 e. The van der Waals surface area contributed by atoms with Crippen molar-refractivity contribution in [2.24, 2.45) is 5.92 Å². The normalized spacial score (nSPS) is 25.1. The first kappa shape index (κ1) is 18.0. The summed E-state index contributed by atoms with van der Waals surface area (Å²) in [5.41, 5.74) is 1.02. The molecule has 2 atom stereocenters. The van der Waals surface area contributed by atoms with E-state index < -0.39 is 0 Å². The maximum Gasteiger partial charge on any atom is 0.317 e. The number of rotatable bonds is 3. The quantitative estimate of drug-likeness (QED) is 0.914. The molecule has 2 fully saturated rings. The molecule has 6 heteroatoms. The number of piperidine rings is 1. The third-order valence-corrected chi connectivity index (χ3v) is 5.07. The van der Waals surface area contributed by atoms with Crippen LogP contribution in [0.25, 0.3) is 0 Å². The molecule has 0 spiro atoms. The lowest BCUT2D eigenvalue weighted by Crippen LogP contribution is -2.45. The fraction of sp³-hybridized carbons (Fsp3) is 0.684. The molecule has 2 unspecified atom stereocenters. The summed E-state index contributed by atoms with van der Waals surface area (Å²) in [6.45, 7) is 10.4. The van der Waals surface area contributed by atoms with E-state index in [4.69, 9.17) is 4.74 Å². The van der Waals surface area contributed by atoms with Gasteiger partial charge in [0.1, 0.15) is 5.82 Å². The molecule has 6 nitrogen and oxygen atoms in total. The highest BCUT2D eigenvalue weighted by atomic mass is 16.5. The Labute approximate surface area is 150 Å². The molecule has 2 aliphatic heterocycles. The van der Waals surface area contributed by atoms with Gasteiger partial charge in [0.25, 0.3) is 0 Å². The molecule has 0 radical (unpaired) electrons. The molecule has 3 heterocycles. The van der Waals surface area contributed by atoms with Gasteiger partial charge in [-0.05, 0) is 44.2 Å². The number of amides is 2. The van der Waals surface area contributed by atoms with Gasteiger partial charge in [-0.25, -0.2) is 9.78 Å². The number of hydrogen-bond acceptors (Lipinski definition) is 4. The van der Waals surface area contributed by atoms with E-state index in [1.54, 1.807) is 0 Å². The van der Waals surface area contributed by atoms with Crippen LogP contribution >= 0.6 is 0 Å². The summed E-state index contributed by atoms with van der Waals surface area (Å²) in [4.78, 5) is 21.0. The van der Waals surface area contributed by atoms with Crippen LogP contribution in [0.15, 0.2) is 18.3 Å². The molecule has 3 rings (SSSR count). The molecular weight excluding hydrogens is 316 g/mol. The number of pyridine rings is 1. The molecule has 1 aromatic rings. The van der Waals surface area contributed by atoms with Crippen LogP contribution in [0.1, 0.15) is 39.2 Å². The minimum Gasteiger partial charge on any atom is -0.372 e. The Bertz CT molecular complexity index is 559. The molecule has 1 N–H and O–H groups in total. The van der Waals surface area contributed by atoms with Crippen LogP contribution in [0.3, 0.4) is 0 Å². The van der Waals surface area contributed by atoms with E-state index in [1.165, 1.54) is 0 Å². The van der Waals surface area contributed by atoms with Crippen LogP contribution in [-0.2, 0) is 11.3 Å². The number of nitrogens with zero attached hydrogens (tertiary/aromatic N) is 3. The Morgan fingerprint density at radius 3 is 2.48 bits per heavy atom. The highest BCUT2D eigenvalue weighted by molar-refractivity contribution is 5.74. The molecule has 2 saturated heterocycles. The number of anilines is 1. The summed E-state index contributed by atoms with van der Waals surface area (Å²) in [6, 6.07) is 4.12. The van der Waals surface area contributed by atoms with Crippen LogP contribution in [0.4, 0.5) is 10.6 Å². The number of aromatic nitrogens is 1. The number of carbonyl (C=O) groups is 1. The van der Waals surface area contributed by atoms with Crippen molar-refractivity contribution in [1.82, 2.24) is 15.2 Å². The third-order valence-electron chi connectivity index (χ3n) is 5.07. The number of urea groups is 1. The summed E-state index contributed by atoms with van der Waals surface area (Å²) in [5, 5.41) is 3.01. The first-order chi connectivity index (χ1) is 12.0. The Balaban J connectivity index is 1.50. The first-order valence-electron chi connectivity index (χ1n) is 9.39. The lowest BCUT2D eigenvalue weighted by molar-refractivity contribution is -0.00546. The van der Waals surface area contributed by atoms with Crippen molar-refractivity contribution in [2.75, 3.05) is 31.1 Å². The van der Waals surface area contributed by atoms with Gasteiger partial charge in [0.05, 0.1) is 12.2 Å². The van der Waals surface area contributed by atoms with Crippen molar-refractivity contribution in [1.29, 1.82) is 0 Å². The minimum atomic E-state index is 0.0341. The van der Waals surface area contributed by atoms with Crippen LogP contribution in [-0.4, -0.2) is 54.3 Å². The zero-order valence-corrected chi connectivity index (χ0v) is 15.6. The Morgan fingerprint density at radius 1 is 1.20 bits per heavy atom. The van der Waals surface area contributed by atoms with Gasteiger partial charge in [0, 0.05) is 38.9 Å². The smallest absolute Gasteiger partial charge is 0.317 e. The molecule has 0 aliphatic carbocycles. The average Bonchev–Trinajstić information content (AvgIpc) is 2.60. The number of hydrogen-bond donors (Lipinski definition) is 1. The number of nitrogens with one attached hydrogen (secondary N) is 1. The van der Waals surface area contributed by atoms with Crippen molar-refractivity contribution in [2.45, 2.75) is 52.4 Å². The second kappa shape index (κ2) is 8.04. The van der Waals surface area contributed by atoms with Crippen molar-refractivity contribution >= 4 is 11.8 Å². The number of morpholine rings is 1. The Kier molecular flexibility index (Phi) is 5.78. The van der Waals surface area contributed by atoms with E-state index in [-0.39, 0.29) is 18.2 Å². The molecule has 0 saturated carbocycles. The van der Waals surface area contributed by atoms with Gasteiger partial charge in [0.15, 0.2) is 0 Å².